The number of nitrogens with zero attached hydrogens (tertiary/aromatic N) is 5. The highest BCUT2D eigenvalue weighted by atomic mass is 32.2. The lowest BCUT2D eigenvalue weighted by molar-refractivity contribution is -0.116. The van der Waals surface area contributed by atoms with E-state index >= 15 is 0 Å². The maximum absolute atomic E-state index is 11.5. The van der Waals surface area contributed by atoms with E-state index in [1.165, 1.54) is 11.3 Å². The van der Waals surface area contributed by atoms with Gasteiger partial charge in [0.05, 0.1) is 5.69 Å². The predicted octanol–water partition coefficient (Wildman–Crippen LogP) is 4.38. The molecule has 1 aliphatic carbocycles. The Bertz CT molecular complexity index is 1250. The molecule has 2 aliphatic rings. The Morgan fingerprint density at radius 3 is 2.57 bits per heavy atom. The number of carbonyl (C=O) groups excluding carboxylic acids is 1. The summed E-state index contributed by atoms with van der Waals surface area (Å²) < 4.78 is 0. The number of rotatable bonds is 9. The van der Waals surface area contributed by atoms with Crippen molar-refractivity contribution in [2.75, 3.05) is 45.6 Å². The number of hydrogen-bond acceptors (Lipinski definition) is 8. The average Bonchev–Trinajstić information content (AvgIpc) is 3.43. The number of H-pyrrole nitrogens is 1. The van der Waals surface area contributed by atoms with Crippen molar-refractivity contribution in [3.8, 4) is 0 Å². The molecule has 1 spiro atoms. The number of benzene rings is 1. The van der Waals surface area contributed by atoms with E-state index in [4.69, 9.17) is 9.97 Å². The van der Waals surface area contributed by atoms with Crippen LogP contribution in [0.2, 0.25) is 0 Å². The summed E-state index contributed by atoms with van der Waals surface area (Å²) in [7, 11) is 4.28. The fraction of sp³-hybridized carbons (Fsp3) is 0.500. The molecule has 1 aromatic carbocycles. The molecule has 0 amide bonds. The van der Waals surface area contributed by atoms with E-state index in [1.807, 2.05) is 25.1 Å². The number of Topliss-reactive ketones (excluding diaryl/α,β-unsaturated/α-hetero) is 1. The molecule has 0 radical (unpaired) electrons. The van der Waals surface area contributed by atoms with Crippen LogP contribution in [0.15, 0.2) is 40.4 Å². The molecule has 0 saturated carbocycles. The highest BCUT2D eigenvalue weighted by molar-refractivity contribution is 7.99. The largest absolute Gasteiger partial charge is 0.323 e. The van der Waals surface area contributed by atoms with Gasteiger partial charge < -0.3 is 15.1 Å². The summed E-state index contributed by atoms with van der Waals surface area (Å²) in [6.45, 7) is 8.05. The molecule has 1 saturated heterocycles. The quantitative estimate of drug-likeness (QED) is 0.403. The van der Waals surface area contributed by atoms with E-state index in [9.17, 15) is 4.79 Å². The second-order valence-electron chi connectivity index (χ2n) is 10.8. The van der Waals surface area contributed by atoms with Crippen LogP contribution >= 0.6 is 11.8 Å². The Kier molecular flexibility index (Phi) is 7.65. The first-order chi connectivity index (χ1) is 17.8. The Morgan fingerprint density at radius 1 is 1.16 bits per heavy atom. The SMILES string of the molecule is CC(=O)Cc1ccc(Sc2nc(Nc3cc(C)[nH]n3)c3c(n2)C2(CC3)CCN(CCN(C)C)CC2)cc1. The number of hydrogen-bond donors (Lipinski definition) is 2. The predicted molar refractivity (Wildman–Crippen MR) is 148 cm³/mol. The molecule has 2 aromatic heterocycles. The molecular formula is C28H37N7OS. The minimum atomic E-state index is 0.117. The highest BCUT2D eigenvalue weighted by Crippen LogP contribution is 2.48. The van der Waals surface area contributed by atoms with E-state index in [1.54, 1.807) is 18.7 Å². The second-order valence-corrected chi connectivity index (χ2v) is 11.8. The Hall–Kier alpha value is -2.75. The fourth-order valence-electron chi connectivity index (χ4n) is 5.48. The summed E-state index contributed by atoms with van der Waals surface area (Å²) in [5.74, 6) is 1.83. The van der Waals surface area contributed by atoms with Crippen molar-refractivity contribution in [2.45, 2.75) is 61.4 Å². The summed E-state index contributed by atoms with van der Waals surface area (Å²) in [4.78, 5) is 27.6. The third-order valence-electron chi connectivity index (χ3n) is 7.56. The zero-order valence-electron chi connectivity index (χ0n) is 22.3. The maximum atomic E-state index is 11.5. The number of carbonyl (C=O) groups is 1. The van der Waals surface area contributed by atoms with Gasteiger partial charge in [0, 0.05) is 47.1 Å². The number of fused-ring (bicyclic) bond motifs is 2. The molecule has 2 N–H and O–H groups in total. The van der Waals surface area contributed by atoms with E-state index in [0.29, 0.717) is 6.42 Å². The van der Waals surface area contributed by atoms with Gasteiger partial charge >= 0.3 is 0 Å². The maximum Gasteiger partial charge on any atom is 0.194 e. The lowest BCUT2D eigenvalue weighted by Gasteiger charge is -2.39. The summed E-state index contributed by atoms with van der Waals surface area (Å²) >= 11 is 1.58. The van der Waals surface area contributed by atoms with Crippen molar-refractivity contribution < 1.29 is 4.79 Å². The minimum absolute atomic E-state index is 0.117. The van der Waals surface area contributed by atoms with E-state index in [-0.39, 0.29) is 11.2 Å². The monoisotopic (exact) mass is 519 g/mol. The molecule has 0 unspecified atom stereocenters. The molecule has 8 nitrogen and oxygen atoms in total. The smallest absolute Gasteiger partial charge is 0.194 e. The first kappa shape index (κ1) is 25.9. The summed E-state index contributed by atoms with van der Waals surface area (Å²) in [6, 6.07) is 10.2. The number of likely N-dealkylation sites (tertiary alicyclic amines) is 1. The van der Waals surface area contributed by atoms with Crippen LogP contribution in [0.4, 0.5) is 11.6 Å². The van der Waals surface area contributed by atoms with Crippen LogP contribution in [0.1, 0.15) is 48.7 Å². The zero-order chi connectivity index (χ0) is 26.0. The number of aromatic amines is 1. The molecule has 3 aromatic rings. The van der Waals surface area contributed by atoms with Gasteiger partial charge in [-0.1, -0.05) is 12.1 Å². The lowest BCUT2D eigenvalue weighted by atomic mass is 9.76. The van der Waals surface area contributed by atoms with Crippen molar-refractivity contribution in [1.29, 1.82) is 0 Å². The highest BCUT2D eigenvalue weighted by Gasteiger charge is 2.44. The van der Waals surface area contributed by atoms with Gasteiger partial charge in [-0.25, -0.2) is 9.97 Å². The van der Waals surface area contributed by atoms with Gasteiger partial charge in [0.1, 0.15) is 11.6 Å². The molecule has 9 heteroatoms. The summed E-state index contributed by atoms with van der Waals surface area (Å²) in [6.07, 6.45) is 4.85. The molecule has 3 heterocycles. The van der Waals surface area contributed by atoms with E-state index in [2.05, 4.69) is 51.5 Å². The number of likely N-dealkylation sites (N-methyl/N-ethyl adjacent to an activating group) is 1. The molecule has 5 rings (SSSR count). The van der Waals surface area contributed by atoms with Gasteiger partial charge in [0.15, 0.2) is 11.0 Å². The first-order valence-corrected chi connectivity index (χ1v) is 13.9. The van der Waals surface area contributed by atoms with Crippen LogP contribution in [-0.4, -0.2) is 76.0 Å². The molecular weight excluding hydrogens is 482 g/mol. The average molecular weight is 520 g/mol. The second kappa shape index (κ2) is 10.9. The summed E-state index contributed by atoms with van der Waals surface area (Å²) in [5, 5.41) is 11.6. The topological polar surface area (TPSA) is 90.0 Å². The number of anilines is 2. The van der Waals surface area contributed by atoms with Crippen LogP contribution < -0.4 is 5.32 Å². The van der Waals surface area contributed by atoms with Gasteiger partial charge in [0.2, 0.25) is 0 Å². The van der Waals surface area contributed by atoms with E-state index < -0.39 is 0 Å². The Balaban J connectivity index is 1.42. The molecule has 0 atom stereocenters. The number of piperidine rings is 1. The van der Waals surface area contributed by atoms with Crippen LogP contribution in [0.25, 0.3) is 0 Å². The minimum Gasteiger partial charge on any atom is -0.323 e. The van der Waals surface area contributed by atoms with Gasteiger partial charge in [-0.15, -0.1) is 0 Å². The molecule has 37 heavy (non-hydrogen) atoms. The zero-order valence-corrected chi connectivity index (χ0v) is 23.1. The molecule has 1 fully saturated rings. The van der Waals surface area contributed by atoms with Crippen molar-refractivity contribution in [3.05, 3.63) is 52.8 Å². The van der Waals surface area contributed by atoms with Crippen LogP contribution in [0.3, 0.4) is 0 Å². The van der Waals surface area contributed by atoms with Crippen molar-refractivity contribution in [3.63, 3.8) is 0 Å². The summed E-state index contributed by atoms with van der Waals surface area (Å²) in [5.41, 5.74) is 4.62. The molecule has 0 bridgehead atoms. The van der Waals surface area contributed by atoms with Gasteiger partial charge in [-0.3, -0.25) is 9.89 Å². The van der Waals surface area contributed by atoms with Crippen LogP contribution in [0.5, 0.6) is 0 Å². The standard InChI is InChI=1S/C28H37N7OS/c1-19-17-24(33-32-19)29-26-23-9-10-28(11-13-35(14-12-28)16-15-34(3)4)25(23)30-27(31-26)37-22-7-5-21(6-8-22)18-20(2)36/h5-8,17H,9-16,18H2,1-4H3,(H2,29,30,31,32,33). The Morgan fingerprint density at radius 2 is 1.92 bits per heavy atom. The number of nitrogens with one attached hydrogen (secondary N) is 2. The Labute approximate surface area is 223 Å². The van der Waals surface area contributed by atoms with Gasteiger partial charge in [-0.2, -0.15) is 5.10 Å². The molecule has 196 valence electrons. The van der Waals surface area contributed by atoms with Crippen LogP contribution in [-0.2, 0) is 23.1 Å². The van der Waals surface area contributed by atoms with Gasteiger partial charge in [0.25, 0.3) is 0 Å². The lowest BCUT2D eigenvalue weighted by Crippen LogP contribution is -2.44. The molecule has 1 aliphatic heterocycles. The number of aromatic nitrogens is 4. The van der Waals surface area contributed by atoms with Crippen molar-refractivity contribution in [2.24, 2.45) is 0 Å². The first-order valence-electron chi connectivity index (χ1n) is 13.1. The number of ketones is 1. The number of aryl methyl sites for hydroxylation is 1. The fourth-order valence-corrected chi connectivity index (χ4v) is 6.23. The van der Waals surface area contributed by atoms with Crippen LogP contribution in [0, 0.1) is 6.92 Å². The normalized spacial score (nSPS) is 16.9. The van der Waals surface area contributed by atoms with Gasteiger partial charge in [-0.05, 0) is 96.2 Å². The third kappa shape index (κ3) is 6.05. The van der Waals surface area contributed by atoms with E-state index in [0.717, 1.165) is 84.8 Å². The van der Waals surface area contributed by atoms with Crippen molar-refractivity contribution >= 4 is 29.2 Å². The van der Waals surface area contributed by atoms with Crippen molar-refractivity contribution in [1.82, 2.24) is 30.0 Å². The third-order valence-corrected chi connectivity index (χ3v) is 8.43.